The largest absolute Gasteiger partial charge is 0.466 e. The van der Waals surface area contributed by atoms with Gasteiger partial charge in [-0.05, 0) is 44.9 Å². The molecule has 0 heterocycles. The summed E-state index contributed by atoms with van der Waals surface area (Å²) in [6, 6.07) is 0. The Balaban J connectivity index is 2.43. The fourth-order valence-corrected chi connectivity index (χ4v) is 2.77. The molecule has 5 heteroatoms. The first-order chi connectivity index (χ1) is 9.05. The normalized spacial score (nSPS) is 26.8. The van der Waals surface area contributed by atoms with Crippen LogP contribution in [0.25, 0.3) is 0 Å². The second kappa shape index (κ2) is 8.15. The molecule has 0 bridgehead atoms. The zero-order valence-corrected chi connectivity index (χ0v) is 11.8. The van der Waals surface area contributed by atoms with Crippen LogP contribution in [0.2, 0.25) is 0 Å². The standard InChI is InChI=1S/C14H24O5/c1-3-18-13(16)8-10-5-11(7-12(15)6-10)9-14(17)19-4-2/h10-12,15H,3-9H2,1-2H3. The molecule has 1 aliphatic rings. The molecular weight excluding hydrogens is 248 g/mol. The second-order valence-electron chi connectivity index (χ2n) is 5.11. The summed E-state index contributed by atoms with van der Waals surface area (Å²) in [6.45, 7) is 4.30. The molecule has 0 aromatic carbocycles. The van der Waals surface area contributed by atoms with Gasteiger partial charge in [-0.25, -0.2) is 0 Å². The zero-order chi connectivity index (χ0) is 14.3. The molecule has 0 aromatic heterocycles. The van der Waals surface area contributed by atoms with Crippen molar-refractivity contribution in [2.45, 2.75) is 52.1 Å². The van der Waals surface area contributed by atoms with E-state index in [-0.39, 0.29) is 23.8 Å². The van der Waals surface area contributed by atoms with Gasteiger partial charge in [-0.1, -0.05) is 0 Å². The third-order valence-electron chi connectivity index (χ3n) is 3.40. The monoisotopic (exact) mass is 272 g/mol. The van der Waals surface area contributed by atoms with Crippen molar-refractivity contribution < 1.29 is 24.2 Å². The fraction of sp³-hybridized carbons (Fsp3) is 0.857. The Morgan fingerprint density at radius 2 is 1.37 bits per heavy atom. The van der Waals surface area contributed by atoms with E-state index in [1.165, 1.54) is 0 Å². The first kappa shape index (κ1) is 16.0. The highest BCUT2D eigenvalue weighted by atomic mass is 16.5. The van der Waals surface area contributed by atoms with Gasteiger partial charge in [0.25, 0.3) is 0 Å². The van der Waals surface area contributed by atoms with Gasteiger partial charge in [0.1, 0.15) is 0 Å². The van der Waals surface area contributed by atoms with Crippen LogP contribution < -0.4 is 0 Å². The molecule has 1 saturated carbocycles. The first-order valence-electron chi connectivity index (χ1n) is 7.04. The van der Waals surface area contributed by atoms with Crippen molar-refractivity contribution in [1.82, 2.24) is 0 Å². The maximum absolute atomic E-state index is 11.5. The minimum absolute atomic E-state index is 0.0993. The highest BCUT2D eigenvalue weighted by Crippen LogP contribution is 2.33. The van der Waals surface area contributed by atoms with Crippen LogP contribution in [-0.2, 0) is 19.1 Å². The summed E-state index contributed by atoms with van der Waals surface area (Å²) in [4.78, 5) is 22.9. The molecule has 2 unspecified atom stereocenters. The van der Waals surface area contributed by atoms with E-state index in [0.717, 1.165) is 6.42 Å². The lowest BCUT2D eigenvalue weighted by Crippen LogP contribution is -2.29. The Morgan fingerprint density at radius 1 is 0.947 bits per heavy atom. The van der Waals surface area contributed by atoms with Crippen LogP contribution in [0.3, 0.4) is 0 Å². The number of aliphatic hydroxyl groups excluding tert-OH is 1. The quantitative estimate of drug-likeness (QED) is 0.745. The Hall–Kier alpha value is -1.10. The van der Waals surface area contributed by atoms with Crippen LogP contribution >= 0.6 is 0 Å². The Morgan fingerprint density at radius 3 is 1.74 bits per heavy atom. The van der Waals surface area contributed by atoms with E-state index in [1.54, 1.807) is 13.8 Å². The van der Waals surface area contributed by atoms with Gasteiger partial charge in [-0.3, -0.25) is 9.59 Å². The molecule has 110 valence electrons. The summed E-state index contributed by atoms with van der Waals surface area (Å²) in [5.41, 5.74) is 0. The number of esters is 2. The molecule has 0 aliphatic heterocycles. The van der Waals surface area contributed by atoms with Gasteiger partial charge in [0.05, 0.1) is 19.3 Å². The van der Waals surface area contributed by atoms with E-state index in [1.807, 2.05) is 0 Å². The molecule has 0 spiro atoms. The summed E-state index contributed by atoms with van der Waals surface area (Å²) in [6.07, 6.45) is 2.20. The topological polar surface area (TPSA) is 72.8 Å². The van der Waals surface area contributed by atoms with Crippen LogP contribution in [0.4, 0.5) is 0 Å². The lowest BCUT2D eigenvalue weighted by atomic mass is 9.77. The highest BCUT2D eigenvalue weighted by molar-refractivity contribution is 5.70. The molecular formula is C14H24O5. The molecule has 1 rings (SSSR count). The van der Waals surface area contributed by atoms with Crippen molar-refractivity contribution in [3.05, 3.63) is 0 Å². The molecule has 5 nitrogen and oxygen atoms in total. The number of hydrogen-bond acceptors (Lipinski definition) is 5. The molecule has 2 atom stereocenters. The number of carbonyl (C=O) groups is 2. The summed E-state index contributed by atoms with van der Waals surface area (Å²) in [5, 5.41) is 9.83. The van der Waals surface area contributed by atoms with Gasteiger partial charge < -0.3 is 14.6 Å². The van der Waals surface area contributed by atoms with Gasteiger partial charge in [-0.15, -0.1) is 0 Å². The first-order valence-corrected chi connectivity index (χ1v) is 7.04. The number of ether oxygens (including phenoxy) is 2. The summed E-state index contributed by atoms with van der Waals surface area (Å²) in [5.74, 6) is -0.252. The summed E-state index contributed by atoms with van der Waals surface area (Å²) < 4.78 is 9.85. The van der Waals surface area contributed by atoms with Crippen LogP contribution in [0.15, 0.2) is 0 Å². The molecule has 0 amide bonds. The predicted molar refractivity (Wildman–Crippen MR) is 69.3 cm³/mol. The fourth-order valence-electron chi connectivity index (χ4n) is 2.77. The molecule has 0 saturated heterocycles. The lowest BCUT2D eigenvalue weighted by Gasteiger charge is -2.31. The predicted octanol–water partition coefficient (Wildman–Crippen LogP) is 1.67. The van der Waals surface area contributed by atoms with Crippen LogP contribution in [-0.4, -0.2) is 36.4 Å². The summed E-state index contributed by atoms with van der Waals surface area (Å²) in [7, 11) is 0. The Bertz CT molecular complexity index is 274. The molecule has 1 N–H and O–H groups in total. The van der Waals surface area contributed by atoms with Crippen molar-refractivity contribution in [2.24, 2.45) is 11.8 Å². The number of carbonyl (C=O) groups excluding carboxylic acids is 2. The van der Waals surface area contributed by atoms with Crippen molar-refractivity contribution in [2.75, 3.05) is 13.2 Å². The third-order valence-corrected chi connectivity index (χ3v) is 3.40. The lowest BCUT2D eigenvalue weighted by molar-refractivity contribution is -0.145. The second-order valence-corrected chi connectivity index (χ2v) is 5.11. The zero-order valence-electron chi connectivity index (χ0n) is 11.8. The van der Waals surface area contributed by atoms with E-state index in [9.17, 15) is 14.7 Å². The number of hydrogen-bond donors (Lipinski definition) is 1. The van der Waals surface area contributed by atoms with E-state index in [2.05, 4.69) is 0 Å². The van der Waals surface area contributed by atoms with Gasteiger partial charge in [0.15, 0.2) is 0 Å². The molecule has 1 fully saturated rings. The maximum atomic E-state index is 11.5. The average Bonchev–Trinajstić information content (AvgIpc) is 2.28. The average molecular weight is 272 g/mol. The van der Waals surface area contributed by atoms with E-state index >= 15 is 0 Å². The van der Waals surface area contributed by atoms with Crippen LogP contribution in [0, 0.1) is 11.8 Å². The van der Waals surface area contributed by atoms with Gasteiger partial charge in [0, 0.05) is 12.8 Å². The maximum Gasteiger partial charge on any atom is 0.306 e. The van der Waals surface area contributed by atoms with Crippen molar-refractivity contribution in [3.8, 4) is 0 Å². The van der Waals surface area contributed by atoms with Crippen molar-refractivity contribution in [3.63, 3.8) is 0 Å². The van der Waals surface area contributed by atoms with Gasteiger partial charge in [-0.2, -0.15) is 0 Å². The molecule has 19 heavy (non-hydrogen) atoms. The minimum Gasteiger partial charge on any atom is -0.466 e. The van der Waals surface area contributed by atoms with E-state index < -0.39 is 6.10 Å². The SMILES string of the molecule is CCOC(=O)CC1CC(O)CC(CC(=O)OCC)C1. The molecule has 0 aromatic rings. The number of aliphatic hydroxyl groups is 1. The smallest absolute Gasteiger partial charge is 0.306 e. The minimum atomic E-state index is -0.437. The van der Waals surface area contributed by atoms with Crippen LogP contribution in [0.5, 0.6) is 0 Å². The third kappa shape index (κ3) is 6.05. The highest BCUT2D eigenvalue weighted by Gasteiger charge is 2.30. The van der Waals surface area contributed by atoms with Crippen molar-refractivity contribution in [1.29, 1.82) is 0 Å². The molecule has 1 aliphatic carbocycles. The van der Waals surface area contributed by atoms with Gasteiger partial charge >= 0.3 is 11.9 Å². The molecule has 0 radical (unpaired) electrons. The Labute approximate surface area is 114 Å². The van der Waals surface area contributed by atoms with E-state index in [0.29, 0.717) is 38.9 Å². The van der Waals surface area contributed by atoms with Crippen LogP contribution in [0.1, 0.15) is 46.0 Å². The van der Waals surface area contributed by atoms with E-state index in [4.69, 9.17) is 9.47 Å². The van der Waals surface area contributed by atoms with Gasteiger partial charge in [0.2, 0.25) is 0 Å². The number of rotatable bonds is 6. The Kier molecular flexibility index (Phi) is 6.84. The van der Waals surface area contributed by atoms with Crippen molar-refractivity contribution >= 4 is 11.9 Å². The summed E-state index contributed by atoms with van der Waals surface area (Å²) >= 11 is 0.